The van der Waals surface area contributed by atoms with Gasteiger partial charge in [-0.2, -0.15) is 13.2 Å². The molecule has 0 bridgehead atoms. The van der Waals surface area contributed by atoms with E-state index in [9.17, 15) is 18.0 Å². The van der Waals surface area contributed by atoms with Gasteiger partial charge >= 0.3 is 12.2 Å². The van der Waals surface area contributed by atoms with Crippen LogP contribution in [0.2, 0.25) is 0 Å². The van der Waals surface area contributed by atoms with Crippen LogP contribution in [0.1, 0.15) is 6.92 Å². The third kappa shape index (κ3) is 4.05. The van der Waals surface area contributed by atoms with Gasteiger partial charge in [-0.3, -0.25) is 0 Å². The normalized spacial score (nSPS) is 18.2. The Morgan fingerprint density at radius 3 is 2.33 bits per heavy atom. The van der Waals surface area contributed by atoms with Crippen LogP contribution in [-0.4, -0.2) is 72.5 Å². The molecule has 24 heavy (non-hydrogen) atoms. The lowest BCUT2D eigenvalue weighted by molar-refractivity contribution is -0.200. The van der Waals surface area contributed by atoms with E-state index >= 15 is 0 Å². The second-order valence-electron chi connectivity index (χ2n) is 5.72. The molecule has 1 aliphatic heterocycles. The number of piperazine rings is 1. The number of carbonyl (C=O) groups excluding carboxylic acids is 1. The van der Waals surface area contributed by atoms with Gasteiger partial charge in [-0.05, 0) is 13.0 Å². The maximum absolute atomic E-state index is 13.2. The molecule has 2 rings (SSSR count). The monoisotopic (exact) mass is 347 g/mol. The number of alkyl halides is 3. The largest absolute Gasteiger partial charge is 0.413 e. The molecular weight excluding hydrogens is 327 g/mol. The molecule has 0 spiro atoms. The fraction of sp³-hybridized carbons (Fsp3) is 0.643. The van der Waals surface area contributed by atoms with Crippen LogP contribution in [0.15, 0.2) is 18.5 Å². The molecule has 1 saturated heterocycles. The first-order valence-corrected chi connectivity index (χ1v) is 7.41. The van der Waals surface area contributed by atoms with Gasteiger partial charge in [0.1, 0.15) is 0 Å². The molecule has 0 radical (unpaired) electrons. The number of hydrogen-bond acceptors (Lipinski definition) is 5. The van der Waals surface area contributed by atoms with Gasteiger partial charge in [-0.25, -0.2) is 14.8 Å². The molecule has 10 heteroatoms. The molecule has 2 heterocycles. The number of ether oxygens (including phenoxy) is 1. The van der Waals surface area contributed by atoms with Crippen molar-refractivity contribution in [3.05, 3.63) is 18.5 Å². The van der Waals surface area contributed by atoms with Gasteiger partial charge in [-0.1, -0.05) is 0 Å². The smallest absolute Gasteiger partial charge is 0.382 e. The highest BCUT2D eigenvalue weighted by Crippen LogP contribution is 2.30. The lowest BCUT2D eigenvalue weighted by atomic mass is 10.0. The van der Waals surface area contributed by atoms with E-state index in [4.69, 9.17) is 0 Å². The summed E-state index contributed by atoms with van der Waals surface area (Å²) in [5, 5.41) is 2.05. The second kappa shape index (κ2) is 7.20. The highest BCUT2D eigenvalue weighted by Gasteiger charge is 2.52. The quantitative estimate of drug-likeness (QED) is 0.888. The van der Waals surface area contributed by atoms with Gasteiger partial charge < -0.3 is 19.9 Å². The molecule has 7 nitrogen and oxygen atoms in total. The van der Waals surface area contributed by atoms with E-state index in [1.807, 2.05) is 10.2 Å². The number of amides is 2. The SMILES string of the molecule is COCC(C)(NC(=O)N1CCN(c2ncccn2)CC1)C(F)(F)F. The van der Waals surface area contributed by atoms with Crippen LogP contribution < -0.4 is 10.2 Å². The van der Waals surface area contributed by atoms with Crippen LogP contribution in [0.25, 0.3) is 0 Å². The molecule has 1 aromatic rings. The predicted molar refractivity (Wildman–Crippen MR) is 80.7 cm³/mol. The summed E-state index contributed by atoms with van der Waals surface area (Å²) in [5.41, 5.74) is -2.43. The summed E-state index contributed by atoms with van der Waals surface area (Å²) < 4.78 is 44.1. The molecule has 2 amide bonds. The number of aromatic nitrogens is 2. The lowest BCUT2D eigenvalue weighted by Gasteiger charge is -2.38. The highest BCUT2D eigenvalue weighted by molar-refractivity contribution is 5.75. The van der Waals surface area contributed by atoms with Crippen LogP contribution >= 0.6 is 0 Å². The molecule has 0 aromatic carbocycles. The molecule has 134 valence electrons. The summed E-state index contributed by atoms with van der Waals surface area (Å²) in [6, 6.07) is 0.932. The second-order valence-corrected chi connectivity index (χ2v) is 5.72. The van der Waals surface area contributed by atoms with Gasteiger partial charge in [0.2, 0.25) is 5.95 Å². The molecular formula is C14H20F3N5O2. The lowest BCUT2D eigenvalue weighted by Crippen LogP contribution is -2.63. The summed E-state index contributed by atoms with van der Waals surface area (Å²) in [4.78, 5) is 23.6. The molecule has 1 unspecified atom stereocenters. The Kier molecular flexibility index (Phi) is 5.47. The Hall–Kier alpha value is -2.10. The fourth-order valence-corrected chi connectivity index (χ4v) is 2.36. The van der Waals surface area contributed by atoms with E-state index in [0.717, 1.165) is 14.0 Å². The Morgan fingerprint density at radius 2 is 1.83 bits per heavy atom. The Morgan fingerprint density at radius 1 is 1.25 bits per heavy atom. The van der Waals surface area contributed by atoms with E-state index in [1.165, 1.54) is 4.90 Å². The summed E-state index contributed by atoms with van der Waals surface area (Å²) in [6.45, 7) is 1.72. The highest BCUT2D eigenvalue weighted by atomic mass is 19.4. The van der Waals surface area contributed by atoms with Gasteiger partial charge in [0.25, 0.3) is 0 Å². The van der Waals surface area contributed by atoms with Gasteiger partial charge in [0, 0.05) is 45.7 Å². The number of urea groups is 1. The van der Waals surface area contributed by atoms with E-state index in [1.54, 1.807) is 18.5 Å². The predicted octanol–water partition coefficient (Wildman–Crippen LogP) is 1.28. The van der Waals surface area contributed by atoms with Gasteiger partial charge in [0.15, 0.2) is 5.54 Å². The van der Waals surface area contributed by atoms with Crippen molar-refractivity contribution in [3.8, 4) is 0 Å². The zero-order valence-electron chi connectivity index (χ0n) is 13.5. The summed E-state index contributed by atoms with van der Waals surface area (Å²) in [7, 11) is 1.16. The summed E-state index contributed by atoms with van der Waals surface area (Å²) in [5.74, 6) is 0.539. The minimum Gasteiger partial charge on any atom is -0.382 e. The number of methoxy groups -OCH3 is 1. The number of hydrogen-bond donors (Lipinski definition) is 1. The number of halogens is 3. The van der Waals surface area contributed by atoms with Crippen LogP contribution in [0, 0.1) is 0 Å². The number of nitrogens with one attached hydrogen (secondary N) is 1. The van der Waals surface area contributed by atoms with E-state index in [2.05, 4.69) is 14.7 Å². The van der Waals surface area contributed by atoms with Crippen LogP contribution in [0.3, 0.4) is 0 Å². The Bertz CT molecular complexity index is 549. The minimum atomic E-state index is -4.61. The Balaban J connectivity index is 1.95. The number of nitrogens with zero attached hydrogens (tertiary/aromatic N) is 4. The van der Waals surface area contributed by atoms with Crippen LogP contribution in [0.5, 0.6) is 0 Å². The standard InChI is InChI=1S/C14H20F3N5O2/c1-13(10-24-2,14(15,16)17)20-12(23)22-8-6-21(7-9-22)11-18-4-3-5-19-11/h3-5H,6-10H2,1-2H3,(H,20,23). The third-order valence-electron chi connectivity index (χ3n) is 3.84. The van der Waals surface area contributed by atoms with E-state index in [-0.39, 0.29) is 13.1 Å². The van der Waals surface area contributed by atoms with Crippen LogP contribution in [0.4, 0.5) is 23.9 Å². The maximum Gasteiger partial charge on any atom is 0.413 e. The molecule has 0 saturated carbocycles. The molecule has 1 aliphatic rings. The minimum absolute atomic E-state index is 0.283. The molecule has 0 aliphatic carbocycles. The van der Waals surface area contributed by atoms with Crippen molar-refractivity contribution >= 4 is 12.0 Å². The molecule has 1 atom stereocenters. The molecule has 1 fully saturated rings. The number of carbonyl (C=O) groups is 1. The van der Waals surface area contributed by atoms with E-state index in [0.29, 0.717) is 19.0 Å². The Labute approximate surface area is 137 Å². The van der Waals surface area contributed by atoms with Crippen molar-refractivity contribution in [3.63, 3.8) is 0 Å². The van der Waals surface area contributed by atoms with Gasteiger partial charge in [-0.15, -0.1) is 0 Å². The van der Waals surface area contributed by atoms with Crippen molar-refractivity contribution in [2.24, 2.45) is 0 Å². The van der Waals surface area contributed by atoms with Crippen LogP contribution in [-0.2, 0) is 4.74 Å². The summed E-state index contributed by atoms with van der Waals surface area (Å²) in [6.07, 6.45) is -1.39. The van der Waals surface area contributed by atoms with Gasteiger partial charge in [0.05, 0.1) is 6.61 Å². The van der Waals surface area contributed by atoms with Crippen molar-refractivity contribution in [1.82, 2.24) is 20.2 Å². The van der Waals surface area contributed by atoms with Crippen molar-refractivity contribution in [2.45, 2.75) is 18.6 Å². The first kappa shape index (κ1) is 18.2. The number of rotatable bonds is 4. The first-order chi connectivity index (χ1) is 11.3. The average molecular weight is 347 g/mol. The average Bonchev–Trinajstić information content (AvgIpc) is 2.55. The first-order valence-electron chi connectivity index (χ1n) is 7.41. The number of anilines is 1. The zero-order valence-corrected chi connectivity index (χ0v) is 13.5. The van der Waals surface area contributed by atoms with Crippen molar-refractivity contribution in [1.29, 1.82) is 0 Å². The fourth-order valence-electron chi connectivity index (χ4n) is 2.36. The molecule has 1 aromatic heterocycles. The third-order valence-corrected chi connectivity index (χ3v) is 3.84. The summed E-state index contributed by atoms with van der Waals surface area (Å²) >= 11 is 0. The zero-order chi connectivity index (χ0) is 17.8. The van der Waals surface area contributed by atoms with Crippen molar-refractivity contribution in [2.75, 3.05) is 44.8 Å². The van der Waals surface area contributed by atoms with E-state index < -0.39 is 24.4 Å². The molecule has 1 N–H and O–H groups in total. The topological polar surface area (TPSA) is 70.6 Å². The van der Waals surface area contributed by atoms with Crippen molar-refractivity contribution < 1.29 is 22.7 Å². The maximum atomic E-state index is 13.2.